The van der Waals surface area contributed by atoms with E-state index in [2.05, 4.69) is 6.58 Å². The lowest BCUT2D eigenvalue weighted by Gasteiger charge is -2.08. The van der Waals surface area contributed by atoms with Crippen molar-refractivity contribution in [2.45, 2.75) is 26.2 Å². The molecule has 0 aliphatic heterocycles. The minimum atomic E-state index is -0.150. The first-order valence-electron chi connectivity index (χ1n) is 4.59. The van der Waals surface area contributed by atoms with Crippen molar-refractivity contribution in [1.29, 1.82) is 0 Å². The summed E-state index contributed by atoms with van der Waals surface area (Å²) >= 11 is 0. The number of allylic oxidation sites excluding steroid dienone is 1. The highest BCUT2D eigenvalue weighted by molar-refractivity contribution is 5.29. The minimum absolute atomic E-state index is 0.150. The molecule has 1 unspecified atom stereocenters. The van der Waals surface area contributed by atoms with Gasteiger partial charge >= 0.3 is 0 Å². The van der Waals surface area contributed by atoms with Crippen molar-refractivity contribution in [2.24, 2.45) is 0 Å². The predicted octanol–water partition coefficient (Wildman–Crippen LogP) is 3.68. The summed E-state index contributed by atoms with van der Waals surface area (Å²) in [5.41, 5.74) is 2.05. The van der Waals surface area contributed by atoms with Crippen LogP contribution in [0.3, 0.4) is 0 Å². The molecule has 70 valence electrons. The molecule has 1 aromatic carbocycles. The van der Waals surface area contributed by atoms with E-state index in [4.69, 9.17) is 0 Å². The number of halogens is 1. The molecule has 0 aromatic heterocycles. The van der Waals surface area contributed by atoms with Crippen LogP contribution < -0.4 is 0 Å². The second-order valence-electron chi connectivity index (χ2n) is 3.27. The molecule has 0 spiro atoms. The summed E-state index contributed by atoms with van der Waals surface area (Å²) in [6, 6.07) is 5.19. The molecule has 0 aliphatic carbocycles. The zero-order valence-electron chi connectivity index (χ0n) is 8.18. The first-order valence-corrected chi connectivity index (χ1v) is 4.59. The maximum atomic E-state index is 13.1. The molecule has 1 atom stereocenters. The minimum Gasteiger partial charge on any atom is -0.207 e. The van der Waals surface area contributed by atoms with E-state index < -0.39 is 0 Å². The number of rotatable bonds is 3. The SMILES string of the molecule is C=CC(C)c1cc(F)cc(CC)c1. The third kappa shape index (κ3) is 2.41. The first-order chi connectivity index (χ1) is 6.17. The zero-order chi connectivity index (χ0) is 9.84. The molecule has 1 rings (SSSR count). The van der Waals surface area contributed by atoms with Crippen LogP contribution in [0.15, 0.2) is 30.9 Å². The summed E-state index contributed by atoms with van der Waals surface area (Å²) in [5, 5.41) is 0. The van der Waals surface area contributed by atoms with Gasteiger partial charge in [0.2, 0.25) is 0 Å². The quantitative estimate of drug-likeness (QED) is 0.619. The van der Waals surface area contributed by atoms with Crippen LogP contribution in [0, 0.1) is 5.82 Å². The zero-order valence-corrected chi connectivity index (χ0v) is 8.18. The van der Waals surface area contributed by atoms with Crippen molar-refractivity contribution in [3.63, 3.8) is 0 Å². The number of hydrogen-bond acceptors (Lipinski definition) is 0. The number of benzene rings is 1. The Morgan fingerprint density at radius 3 is 2.69 bits per heavy atom. The Labute approximate surface area is 79.1 Å². The van der Waals surface area contributed by atoms with Gasteiger partial charge in [-0.25, -0.2) is 4.39 Å². The number of hydrogen-bond donors (Lipinski definition) is 0. The maximum Gasteiger partial charge on any atom is 0.123 e. The average Bonchev–Trinajstić information content (AvgIpc) is 2.15. The molecule has 0 amide bonds. The molecule has 1 aromatic rings. The van der Waals surface area contributed by atoms with Crippen molar-refractivity contribution in [2.75, 3.05) is 0 Å². The summed E-state index contributed by atoms with van der Waals surface area (Å²) in [5.74, 6) is 0.0732. The van der Waals surface area contributed by atoms with Crippen LogP contribution in [0.25, 0.3) is 0 Å². The van der Waals surface area contributed by atoms with Gasteiger partial charge in [0.15, 0.2) is 0 Å². The van der Waals surface area contributed by atoms with Crippen LogP contribution in [-0.2, 0) is 6.42 Å². The van der Waals surface area contributed by atoms with Crippen molar-refractivity contribution in [1.82, 2.24) is 0 Å². The summed E-state index contributed by atoms with van der Waals surface area (Å²) < 4.78 is 13.1. The molecule has 0 fully saturated rings. The highest BCUT2D eigenvalue weighted by atomic mass is 19.1. The molecule has 0 radical (unpaired) electrons. The fourth-order valence-corrected chi connectivity index (χ4v) is 1.28. The van der Waals surface area contributed by atoms with E-state index in [-0.39, 0.29) is 11.7 Å². The van der Waals surface area contributed by atoms with Crippen molar-refractivity contribution >= 4 is 0 Å². The Kier molecular flexibility index (Phi) is 3.24. The van der Waals surface area contributed by atoms with Crippen molar-refractivity contribution < 1.29 is 4.39 Å². The topological polar surface area (TPSA) is 0 Å². The molecule has 1 heteroatoms. The Bertz CT molecular complexity index is 302. The summed E-state index contributed by atoms with van der Waals surface area (Å²) in [7, 11) is 0. The Balaban J connectivity index is 3.07. The Morgan fingerprint density at radius 2 is 2.15 bits per heavy atom. The van der Waals surface area contributed by atoms with Gasteiger partial charge in [0.1, 0.15) is 5.82 Å². The highest BCUT2D eigenvalue weighted by Gasteiger charge is 2.04. The second-order valence-corrected chi connectivity index (χ2v) is 3.27. The molecular weight excluding hydrogens is 163 g/mol. The van der Waals surface area contributed by atoms with E-state index in [9.17, 15) is 4.39 Å². The fourth-order valence-electron chi connectivity index (χ4n) is 1.28. The van der Waals surface area contributed by atoms with Crippen LogP contribution in [0.5, 0.6) is 0 Å². The molecule has 0 nitrogen and oxygen atoms in total. The molecule has 13 heavy (non-hydrogen) atoms. The summed E-state index contributed by atoms with van der Waals surface area (Å²) in [6.45, 7) is 7.74. The van der Waals surface area contributed by atoms with Crippen molar-refractivity contribution in [3.05, 3.63) is 47.8 Å². The Hall–Kier alpha value is -1.11. The monoisotopic (exact) mass is 178 g/mol. The lowest BCUT2D eigenvalue weighted by atomic mass is 9.98. The van der Waals surface area contributed by atoms with Crippen LogP contribution in [-0.4, -0.2) is 0 Å². The van der Waals surface area contributed by atoms with E-state index in [0.717, 1.165) is 17.5 Å². The van der Waals surface area contributed by atoms with Gasteiger partial charge in [-0.2, -0.15) is 0 Å². The molecule has 0 N–H and O–H groups in total. The van der Waals surface area contributed by atoms with E-state index in [1.807, 2.05) is 26.0 Å². The lowest BCUT2D eigenvalue weighted by Crippen LogP contribution is -1.93. The third-order valence-electron chi connectivity index (χ3n) is 2.27. The maximum absolute atomic E-state index is 13.1. The second kappa shape index (κ2) is 4.22. The van der Waals surface area contributed by atoms with Crippen LogP contribution in [0.1, 0.15) is 30.9 Å². The van der Waals surface area contributed by atoms with Gasteiger partial charge in [-0.3, -0.25) is 0 Å². The molecule has 0 heterocycles. The van der Waals surface area contributed by atoms with E-state index in [0.29, 0.717) is 0 Å². The van der Waals surface area contributed by atoms with Gasteiger partial charge in [0.05, 0.1) is 0 Å². The number of aryl methyl sites for hydroxylation is 1. The molecule has 0 saturated heterocycles. The fraction of sp³-hybridized carbons (Fsp3) is 0.333. The van der Waals surface area contributed by atoms with Gasteiger partial charge in [0.25, 0.3) is 0 Å². The van der Waals surface area contributed by atoms with Crippen LogP contribution in [0.2, 0.25) is 0 Å². The molecular formula is C12H15F. The van der Waals surface area contributed by atoms with E-state index in [1.54, 1.807) is 12.1 Å². The van der Waals surface area contributed by atoms with Gasteiger partial charge in [0, 0.05) is 0 Å². The smallest absolute Gasteiger partial charge is 0.123 e. The molecule has 0 aliphatic rings. The van der Waals surface area contributed by atoms with Gasteiger partial charge in [-0.1, -0.05) is 26.0 Å². The standard InChI is InChI=1S/C12H15F/c1-4-9(3)11-6-10(5-2)7-12(13)8-11/h4,6-9H,1,5H2,2-3H3. The van der Waals surface area contributed by atoms with Crippen LogP contribution in [0.4, 0.5) is 4.39 Å². The third-order valence-corrected chi connectivity index (χ3v) is 2.27. The Morgan fingerprint density at radius 1 is 1.46 bits per heavy atom. The average molecular weight is 178 g/mol. The van der Waals surface area contributed by atoms with Gasteiger partial charge < -0.3 is 0 Å². The van der Waals surface area contributed by atoms with E-state index >= 15 is 0 Å². The van der Waals surface area contributed by atoms with E-state index in [1.165, 1.54) is 0 Å². The normalized spacial score (nSPS) is 12.5. The van der Waals surface area contributed by atoms with Crippen LogP contribution >= 0.6 is 0 Å². The summed E-state index contributed by atoms with van der Waals surface area (Å²) in [4.78, 5) is 0. The summed E-state index contributed by atoms with van der Waals surface area (Å²) in [6.07, 6.45) is 2.70. The van der Waals surface area contributed by atoms with Gasteiger partial charge in [-0.15, -0.1) is 6.58 Å². The largest absolute Gasteiger partial charge is 0.207 e. The van der Waals surface area contributed by atoms with Crippen molar-refractivity contribution in [3.8, 4) is 0 Å². The molecule has 0 saturated carbocycles. The predicted molar refractivity (Wildman–Crippen MR) is 54.4 cm³/mol. The highest BCUT2D eigenvalue weighted by Crippen LogP contribution is 2.19. The first kappa shape index (κ1) is 9.97. The molecule has 0 bridgehead atoms. The van der Waals surface area contributed by atoms with Gasteiger partial charge in [-0.05, 0) is 35.6 Å². The lowest BCUT2D eigenvalue weighted by molar-refractivity contribution is 0.622.